The summed E-state index contributed by atoms with van der Waals surface area (Å²) >= 11 is 0. The molecule has 0 aliphatic rings. The van der Waals surface area contributed by atoms with Crippen LogP contribution in [0.3, 0.4) is 0 Å². The molecule has 1 rings (SSSR count). The molecule has 0 radical (unpaired) electrons. The van der Waals surface area contributed by atoms with E-state index in [1.807, 2.05) is 0 Å². The molecular weight excluding hydrogens is 199 g/mol. The Hall–Kier alpha value is -1.73. The molecule has 1 heteroatoms. The van der Waals surface area contributed by atoms with Crippen molar-refractivity contribution in [2.45, 2.75) is 32.6 Å². The van der Waals surface area contributed by atoms with Crippen molar-refractivity contribution in [3.8, 4) is 23.7 Å². The number of halogens is 1. The van der Waals surface area contributed by atoms with Crippen LogP contribution in [0.2, 0.25) is 0 Å². The molecule has 0 saturated carbocycles. The molecule has 0 saturated heterocycles. The molecule has 0 spiro atoms. The van der Waals surface area contributed by atoms with Crippen molar-refractivity contribution in [1.29, 1.82) is 0 Å². The van der Waals surface area contributed by atoms with E-state index < -0.39 is 0 Å². The predicted molar refractivity (Wildman–Crippen MR) is 65.2 cm³/mol. The van der Waals surface area contributed by atoms with Crippen molar-refractivity contribution in [2.75, 3.05) is 0 Å². The normalized spacial score (nSPS) is 8.62. The SMILES string of the molecule is CCCCCC#CC#Cc1ccc(F)cc1. The minimum Gasteiger partial charge on any atom is -0.207 e. The van der Waals surface area contributed by atoms with Crippen molar-refractivity contribution in [3.63, 3.8) is 0 Å². The van der Waals surface area contributed by atoms with Gasteiger partial charge in [-0.1, -0.05) is 31.6 Å². The molecule has 0 fully saturated rings. The molecule has 0 bridgehead atoms. The average molecular weight is 214 g/mol. The fourth-order valence-corrected chi connectivity index (χ4v) is 1.21. The monoisotopic (exact) mass is 214 g/mol. The number of rotatable bonds is 3. The van der Waals surface area contributed by atoms with Crippen LogP contribution in [0.25, 0.3) is 0 Å². The van der Waals surface area contributed by atoms with Crippen LogP contribution in [-0.4, -0.2) is 0 Å². The standard InChI is InChI=1S/C15H15F/c1-2-3-4-5-6-7-8-9-14-10-12-15(16)13-11-14/h10-13H,2-5H2,1H3. The van der Waals surface area contributed by atoms with Crippen molar-refractivity contribution < 1.29 is 4.39 Å². The predicted octanol–water partition coefficient (Wildman–Crippen LogP) is 3.76. The van der Waals surface area contributed by atoms with Gasteiger partial charge in [-0.2, -0.15) is 0 Å². The molecule has 0 aromatic heterocycles. The first-order chi connectivity index (χ1) is 7.83. The second-order valence-corrected chi connectivity index (χ2v) is 3.52. The molecule has 0 amide bonds. The third kappa shape index (κ3) is 5.23. The summed E-state index contributed by atoms with van der Waals surface area (Å²) in [6.07, 6.45) is 4.48. The van der Waals surface area contributed by atoms with Gasteiger partial charge in [-0.05, 0) is 42.5 Å². The summed E-state index contributed by atoms with van der Waals surface area (Å²) in [5.74, 6) is 11.2. The maximum absolute atomic E-state index is 12.6. The minimum absolute atomic E-state index is 0.240. The Labute approximate surface area is 96.9 Å². The zero-order valence-corrected chi connectivity index (χ0v) is 9.52. The second kappa shape index (κ2) is 7.55. The summed E-state index contributed by atoms with van der Waals surface area (Å²) in [7, 11) is 0. The fraction of sp³-hybridized carbons (Fsp3) is 0.333. The molecule has 0 heterocycles. The van der Waals surface area contributed by atoms with E-state index in [9.17, 15) is 4.39 Å². The van der Waals surface area contributed by atoms with Crippen LogP contribution in [0.5, 0.6) is 0 Å². The van der Waals surface area contributed by atoms with Crippen molar-refractivity contribution in [2.24, 2.45) is 0 Å². The van der Waals surface area contributed by atoms with Gasteiger partial charge in [0.2, 0.25) is 0 Å². The van der Waals surface area contributed by atoms with E-state index in [1.54, 1.807) is 12.1 Å². The lowest BCUT2D eigenvalue weighted by molar-refractivity contribution is 0.627. The van der Waals surface area contributed by atoms with Crippen LogP contribution in [0.1, 0.15) is 38.2 Å². The Morgan fingerprint density at radius 2 is 1.81 bits per heavy atom. The Morgan fingerprint density at radius 1 is 1.06 bits per heavy atom. The van der Waals surface area contributed by atoms with Gasteiger partial charge < -0.3 is 0 Å². The summed E-state index contributed by atoms with van der Waals surface area (Å²) in [5, 5.41) is 0. The Kier molecular flexibility index (Phi) is 5.82. The van der Waals surface area contributed by atoms with Crippen molar-refractivity contribution in [3.05, 3.63) is 35.6 Å². The first kappa shape index (κ1) is 12.3. The minimum atomic E-state index is -0.240. The number of hydrogen-bond donors (Lipinski definition) is 0. The summed E-state index contributed by atoms with van der Waals surface area (Å²) < 4.78 is 12.6. The first-order valence-electron chi connectivity index (χ1n) is 5.57. The van der Waals surface area contributed by atoms with E-state index in [0.717, 1.165) is 18.4 Å². The number of unbranched alkanes of at least 4 members (excludes halogenated alkanes) is 3. The first-order valence-corrected chi connectivity index (χ1v) is 5.57. The summed E-state index contributed by atoms with van der Waals surface area (Å²) in [6, 6.07) is 6.11. The molecule has 0 nitrogen and oxygen atoms in total. The van der Waals surface area contributed by atoms with Gasteiger partial charge in [0.15, 0.2) is 0 Å². The van der Waals surface area contributed by atoms with E-state index in [2.05, 4.69) is 30.6 Å². The van der Waals surface area contributed by atoms with Gasteiger partial charge >= 0.3 is 0 Å². The quantitative estimate of drug-likeness (QED) is 0.531. The third-order valence-corrected chi connectivity index (χ3v) is 2.11. The van der Waals surface area contributed by atoms with Gasteiger partial charge in [0.25, 0.3) is 0 Å². The highest BCUT2D eigenvalue weighted by Crippen LogP contribution is 2.00. The number of benzene rings is 1. The lowest BCUT2D eigenvalue weighted by Gasteiger charge is -1.88. The zero-order valence-electron chi connectivity index (χ0n) is 9.52. The van der Waals surface area contributed by atoms with Crippen molar-refractivity contribution >= 4 is 0 Å². The van der Waals surface area contributed by atoms with Crippen LogP contribution in [0, 0.1) is 29.5 Å². The lowest BCUT2D eigenvalue weighted by Crippen LogP contribution is -1.75. The molecular formula is C15H15F. The van der Waals surface area contributed by atoms with Gasteiger partial charge in [0.05, 0.1) is 0 Å². The van der Waals surface area contributed by atoms with Gasteiger partial charge in [0, 0.05) is 12.0 Å². The molecule has 16 heavy (non-hydrogen) atoms. The van der Waals surface area contributed by atoms with Crippen molar-refractivity contribution in [1.82, 2.24) is 0 Å². The average Bonchev–Trinajstić information content (AvgIpc) is 2.30. The Bertz CT molecular complexity index is 420. The molecule has 0 atom stereocenters. The molecule has 0 N–H and O–H groups in total. The van der Waals surface area contributed by atoms with Crippen LogP contribution in [0.4, 0.5) is 4.39 Å². The third-order valence-electron chi connectivity index (χ3n) is 2.11. The Morgan fingerprint density at radius 3 is 2.50 bits per heavy atom. The summed E-state index contributed by atoms with van der Waals surface area (Å²) in [5.41, 5.74) is 0.796. The summed E-state index contributed by atoms with van der Waals surface area (Å²) in [6.45, 7) is 2.17. The van der Waals surface area contributed by atoms with E-state index in [4.69, 9.17) is 0 Å². The van der Waals surface area contributed by atoms with Gasteiger partial charge in [-0.15, -0.1) is 0 Å². The largest absolute Gasteiger partial charge is 0.207 e. The fourth-order valence-electron chi connectivity index (χ4n) is 1.21. The molecule has 1 aromatic carbocycles. The highest BCUT2D eigenvalue weighted by molar-refractivity contribution is 5.39. The lowest BCUT2D eigenvalue weighted by atomic mass is 10.2. The molecule has 82 valence electrons. The Balaban J connectivity index is 2.39. The van der Waals surface area contributed by atoms with Gasteiger partial charge in [-0.25, -0.2) is 4.39 Å². The van der Waals surface area contributed by atoms with Crippen LogP contribution < -0.4 is 0 Å². The number of hydrogen-bond acceptors (Lipinski definition) is 0. The highest BCUT2D eigenvalue weighted by Gasteiger charge is 1.87. The molecule has 0 aliphatic heterocycles. The zero-order chi connectivity index (χ0) is 11.6. The van der Waals surface area contributed by atoms with E-state index in [1.165, 1.54) is 25.0 Å². The summed E-state index contributed by atoms with van der Waals surface area (Å²) in [4.78, 5) is 0. The van der Waals surface area contributed by atoms with Gasteiger partial charge in [-0.3, -0.25) is 0 Å². The van der Waals surface area contributed by atoms with E-state index in [0.29, 0.717) is 0 Å². The maximum atomic E-state index is 12.6. The topological polar surface area (TPSA) is 0 Å². The molecule has 0 unspecified atom stereocenters. The second-order valence-electron chi connectivity index (χ2n) is 3.52. The van der Waals surface area contributed by atoms with Crippen LogP contribution in [-0.2, 0) is 0 Å². The van der Waals surface area contributed by atoms with E-state index >= 15 is 0 Å². The van der Waals surface area contributed by atoms with E-state index in [-0.39, 0.29) is 5.82 Å². The van der Waals surface area contributed by atoms with Crippen LogP contribution in [0.15, 0.2) is 24.3 Å². The maximum Gasteiger partial charge on any atom is 0.123 e. The van der Waals surface area contributed by atoms with Gasteiger partial charge in [0.1, 0.15) is 5.82 Å². The smallest absolute Gasteiger partial charge is 0.123 e. The highest BCUT2D eigenvalue weighted by atomic mass is 19.1. The van der Waals surface area contributed by atoms with Crippen LogP contribution >= 0.6 is 0 Å². The molecule has 0 aliphatic carbocycles. The molecule has 1 aromatic rings.